The van der Waals surface area contributed by atoms with Crippen LogP contribution in [-0.2, 0) is 14.3 Å². The van der Waals surface area contributed by atoms with Crippen LogP contribution >= 0.6 is 0 Å². The number of carbonyl (C=O) groups is 2. The van der Waals surface area contributed by atoms with E-state index in [-0.39, 0.29) is 0 Å². The number of morpholine rings is 1. The molecule has 140 valence electrons. The van der Waals surface area contributed by atoms with E-state index in [2.05, 4.69) is 15.5 Å². The number of rotatable bonds is 3. The first-order chi connectivity index (χ1) is 13.1. The highest BCUT2D eigenvalue weighted by Gasteiger charge is 2.47. The molecule has 0 saturated carbocycles. The molecule has 2 aliphatic rings. The molecule has 2 heterocycles. The second-order valence-corrected chi connectivity index (χ2v) is 6.69. The van der Waals surface area contributed by atoms with E-state index in [4.69, 9.17) is 9.47 Å². The zero-order chi connectivity index (χ0) is 18.9. The van der Waals surface area contributed by atoms with Crippen LogP contribution in [0.3, 0.4) is 0 Å². The Morgan fingerprint density at radius 1 is 1.11 bits per heavy atom. The molecule has 1 atom stereocenters. The minimum atomic E-state index is -1.64. The zero-order valence-electron chi connectivity index (χ0n) is 15.0. The first-order valence-electron chi connectivity index (χ1n) is 8.90. The van der Waals surface area contributed by atoms with Gasteiger partial charge in [-0.05, 0) is 43.3 Å². The number of carbonyl (C=O) groups excluding carboxylic acids is 2. The number of nitrogens with one attached hydrogen (secondary N) is 2. The first-order valence-corrected chi connectivity index (χ1v) is 8.90. The fourth-order valence-corrected chi connectivity index (χ4v) is 3.14. The number of hydrogen-bond acceptors (Lipinski definition) is 5. The van der Waals surface area contributed by atoms with E-state index < -0.39 is 17.4 Å². The highest BCUT2D eigenvalue weighted by molar-refractivity contribution is 6.19. The molecule has 7 nitrogen and oxygen atoms in total. The third kappa shape index (κ3) is 3.33. The van der Waals surface area contributed by atoms with Crippen molar-refractivity contribution in [1.29, 1.82) is 0 Å². The molecule has 2 aromatic carbocycles. The predicted molar refractivity (Wildman–Crippen MR) is 102 cm³/mol. The van der Waals surface area contributed by atoms with Crippen molar-refractivity contribution in [2.45, 2.75) is 12.5 Å². The van der Waals surface area contributed by atoms with Crippen molar-refractivity contribution in [2.75, 3.05) is 41.8 Å². The lowest BCUT2D eigenvalue weighted by Crippen LogP contribution is -2.56. The standard InChI is InChI=1S/C20H21N3O4/c1-20(19(25)22-16-4-2-3-5-17(16)27-20)18(24)21-14-6-8-15(9-7-14)23-10-12-26-13-11-23/h2-9H,10-13H2,1H3,(H,21,24)(H,22,25). The van der Waals surface area contributed by atoms with Gasteiger partial charge in [0.1, 0.15) is 5.75 Å². The van der Waals surface area contributed by atoms with Crippen LogP contribution in [0.4, 0.5) is 17.1 Å². The van der Waals surface area contributed by atoms with E-state index in [1.165, 1.54) is 6.92 Å². The molecule has 7 heteroatoms. The van der Waals surface area contributed by atoms with Gasteiger partial charge in [0, 0.05) is 24.5 Å². The van der Waals surface area contributed by atoms with Gasteiger partial charge in [-0.2, -0.15) is 0 Å². The molecule has 2 aliphatic heterocycles. The molecule has 0 spiro atoms. The summed E-state index contributed by atoms with van der Waals surface area (Å²) in [6.45, 7) is 4.58. The van der Waals surface area contributed by atoms with Gasteiger partial charge in [0.25, 0.3) is 17.4 Å². The highest BCUT2D eigenvalue weighted by atomic mass is 16.5. The number of anilines is 3. The van der Waals surface area contributed by atoms with Crippen LogP contribution in [0.25, 0.3) is 0 Å². The van der Waals surface area contributed by atoms with Gasteiger partial charge in [-0.1, -0.05) is 12.1 Å². The fourth-order valence-electron chi connectivity index (χ4n) is 3.14. The van der Waals surface area contributed by atoms with E-state index >= 15 is 0 Å². The number of fused-ring (bicyclic) bond motifs is 1. The summed E-state index contributed by atoms with van der Waals surface area (Å²) >= 11 is 0. The lowest BCUT2D eigenvalue weighted by molar-refractivity contribution is -0.143. The van der Waals surface area contributed by atoms with Crippen LogP contribution in [0.1, 0.15) is 6.92 Å². The number of benzene rings is 2. The van der Waals surface area contributed by atoms with Gasteiger partial charge in [0.05, 0.1) is 18.9 Å². The second kappa shape index (κ2) is 6.92. The number of para-hydroxylation sites is 2. The summed E-state index contributed by atoms with van der Waals surface area (Å²) in [5.74, 6) is -0.547. The minimum absolute atomic E-state index is 0.470. The Morgan fingerprint density at radius 2 is 1.81 bits per heavy atom. The molecule has 0 aromatic heterocycles. The molecule has 0 radical (unpaired) electrons. The third-order valence-electron chi connectivity index (χ3n) is 4.82. The first kappa shape index (κ1) is 17.4. The largest absolute Gasteiger partial charge is 0.466 e. The SMILES string of the molecule is CC1(C(=O)Nc2ccc(N3CCOCC3)cc2)Oc2ccccc2NC1=O. The normalized spacial score (nSPS) is 21.7. The number of nitrogens with zero attached hydrogens (tertiary/aromatic N) is 1. The molecule has 2 amide bonds. The Balaban J connectivity index is 1.47. The van der Waals surface area contributed by atoms with Crippen molar-refractivity contribution in [1.82, 2.24) is 0 Å². The average molecular weight is 367 g/mol. The van der Waals surface area contributed by atoms with Gasteiger partial charge in [-0.15, -0.1) is 0 Å². The monoisotopic (exact) mass is 367 g/mol. The fraction of sp³-hybridized carbons (Fsp3) is 0.300. The Bertz CT molecular complexity index is 862. The highest BCUT2D eigenvalue weighted by Crippen LogP contribution is 2.34. The maximum Gasteiger partial charge on any atom is 0.278 e. The Labute approximate surface area is 157 Å². The van der Waals surface area contributed by atoms with Crippen LogP contribution in [-0.4, -0.2) is 43.7 Å². The van der Waals surface area contributed by atoms with Crippen molar-refractivity contribution >= 4 is 28.9 Å². The molecule has 2 aromatic rings. The summed E-state index contributed by atoms with van der Waals surface area (Å²) < 4.78 is 11.1. The summed E-state index contributed by atoms with van der Waals surface area (Å²) in [7, 11) is 0. The van der Waals surface area contributed by atoms with Crippen molar-refractivity contribution < 1.29 is 19.1 Å². The summed E-state index contributed by atoms with van der Waals surface area (Å²) in [6, 6.07) is 14.6. The van der Waals surface area contributed by atoms with Crippen molar-refractivity contribution in [2.24, 2.45) is 0 Å². The minimum Gasteiger partial charge on any atom is -0.466 e. The lowest BCUT2D eigenvalue weighted by Gasteiger charge is -2.33. The Hall–Kier alpha value is -3.06. The smallest absolute Gasteiger partial charge is 0.278 e. The van der Waals surface area contributed by atoms with Crippen LogP contribution < -0.4 is 20.3 Å². The summed E-state index contributed by atoms with van der Waals surface area (Å²) in [5.41, 5.74) is 0.594. The van der Waals surface area contributed by atoms with Gasteiger partial charge in [-0.3, -0.25) is 9.59 Å². The van der Waals surface area contributed by atoms with Crippen molar-refractivity contribution in [3.05, 3.63) is 48.5 Å². The second-order valence-electron chi connectivity index (χ2n) is 6.69. The van der Waals surface area contributed by atoms with Crippen LogP contribution in [0.15, 0.2) is 48.5 Å². The van der Waals surface area contributed by atoms with Gasteiger partial charge < -0.3 is 25.0 Å². The van der Waals surface area contributed by atoms with E-state index in [9.17, 15) is 9.59 Å². The zero-order valence-corrected chi connectivity index (χ0v) is 15.0. The maximum absolute atomic E-state index is 12.8. The van der Waals surface area contributed by atoms with Gasteiger partial charge in [0.2, 0.25) is 0 Å². The van der Waals surface area contributed by atoms with Crippen molar-refractivity contribution in [3.8, 4) is 5.75 Å². The van der Waals surface area contributed by atoms with E-state index in [0.29, 0.717) is 30.3 Å². The topological polar surface area (TPSA) is 79.9 Å². The molecular formula is C20H21N3O4. The number of hydrogen-bond donors (Lipinski definition) is 2. The van der Waals surface area contributed by atoms with E-state index in [1.54, 1.807) is 24.3 Å². The van der Waals surface area contributed by atoms with Crippen molar-refractivity contribution in [3.63, 3.8) is 0 Å². The summed E-state index contributed by atoms with van der Waals surface area (Å²) in [5, 5.41) is 5.50. The molecular weight excluding hydrogens is 346 g/mol. The molecule has 1 saturated heterocycles. The van der Waals surface area contributed by atoms with Crippen LogP contribution in [0, 0.1) is 0 Å². The predicted octanol–water partition coefficient (Wildman–Crippen LogP) is 2.25. The summed E-state index contributed by atoms with van der Waals surface area (Å²) in [4.78, 5) is 27.5. The van der Waals surface area contributed by atoms with Gasteiger partial charge >= 0.3 is 0 Å². The molecule has 0 aliphatic carbocycles. The molecule has 0 bridgehead atoms. The number of amides is 2. The average Bonchev–Trinajstić information content (AvgIpc) is 2.70. The quantitative estimate of drug-likeness (QED) is 0.814. The van der Waals surface area contributed by atoms with Gasteiger partial charge in [0.15, 0.2) is 0 Å². The van der Waals surface area contributed by atoms with Crippen LogP contribution in [0.5, 0.6) is 5.75 Å². The number of ether oxygens (including phenoxy) is 2. The lowest BCUT2D eigenvalue weighted by atomic mass is 10.0. The molecule has 1 unspecified atom stereocenters. The van der Waals surface area contributed by atoms with E-state index in [0.717, 1.165) is 18.8 Å². The molecule has 1 fully saturated rings. The molecule has 4 rings (SSSR count). The van der Waals surface area contributed by atoms with Crippen LogP contribution in [0.2, 0.25) is 0 Å². The Morgan fingerprint density at radius 3 is 2.56 bits per heavy atom. The molecule has 2 N–H and O–H groups in total. The third-order valence-corrected chi connectivity index (χ3v) is 4.82. The summed E-state index contributed by atoms with van der Waals surface area (Å²) in [6.07, 6.45) is 0. The van der Waals surface area contributed by atoms with Gasteiger partial charge in [-0.25, -0.2) is 0 Å². The Kier molecular flexibility index (Phi) is 4.45. The van der Waals surface area contributed by atoms with E-state index in [1.807, 2.05) is 24.3 Å². The maximum atomic E-state index is 12.8. The molecule has 27 heavy (non-hydrogen) atoms.